The number of rotatable bonds is 2. The summed E-state index contributed by atoms with van der Waals surface area (Å²) in [6.45, 7) is 9.37. The van der Waals surface area contributed by atoms with Crippen LogP contribution in [0.2, 0.25) is 10.0 Å². The maximum atomic E-state index is 12.1. The van der Waals surface area contributed by atoms with Gasteiger partial charge in [0.05, 0.1) is 15.0 Å². The van der Waals surface area contributed by atoms with E-state index in [0.717, 1.165) is 49.0 Å². The summed E-state index contributed by atoms with van der Waals surface area (Å²) in [5, 5.41) is 4.15. The number of halogens is 2. The van der Waals surface area contributed by atoms with E-state index in [-0.39, 0.29) is 11.3 Å². The summed E-state index contributed by atoms with van der Waals surface area (Å²) in [6.07, 6.45) is 11.0. The summed E-state index contributed by atoms with van der Waals surface area (Å²) in [6, 6.07) is 7.19. The molecule has 0 atom stereocenters. The van der Waals surface area contributed by atoms with Gasteiger partial charge in [0.15, 0.2) is 0 Å². The molecular formula is C25H31Cl2N3OS. The Morgan fingerprint density at radius 3 is 2.25 bits per heavy atom. The molecule has 0 spiro atoms. The van der Waals surface area contributed by atoms with Gasteiger partial charge in [0, 0.05) is 49.6 Å². The monoisotopic (exact) mass is 491 g/mol. The maximum absolute atomic E-state index is 12.1. The van der Waals surface area contributed by atoms with Crippen LogP contribution in [0.25, 0.3) is 0 Å². The van der Waals surface area contributed by atoms with Gasteiger partial charge in [-0.05, 0) is 36.9 Å². The first-order chi connectivity index (χ1) is 15.2. The number of benzene rings is 1. The standard InChI is InChI=1S/C19H27N3OS.C6H4Cl2/c1-19(2)6-4-15(14-17-18(23)20-8-13-24-17)16(5-7-19)22-11-9-21(3)10-12-22;7-5-3-1-2-4-6(5)8/h4-7,14H,8-13H2,1-3H3,(H,20,23);1-4H/b17-14-;. The summed E-state index contributed by atoms with van der Waals surface area (Å²) >= 11 is 12.8. The molecule has 2 saturated heterocycles. The number of likely N-dealkylation sites (N-methyl/N-ethyl adjacent to an activating group) is 1. The summed E-state index contributed by atoms with van der Waals surface area (Å²) < 4.78 is 0. The molecule has 7 heteroatoms. The number of piperazine rings is 1. The normalized spacial score (nSPS) is 22.3. The average Bonchev–Trinajstić information content (AvgIpc) is 2.91. The van der Waals surface area contributed by atoms with Gasteiger partial charge in [-0.25, -0.2) is 0 Å². The van der Waals surface area contributed by atoms with Gasteiger partial charge in [-0.3, -0.25) is 4.79 Å². The molecular weight excluding hydrogens is 461 g/mol. The molecule has 1 aromatic rings. The lowest BCUT2D eigenvalue weighted by molar-refractivity contribution is -0.116. The minimum Gasteiger partial charge on any atom is -0.368 e. The number of hydrogen-bond acceptors (Lipinski definition) is 4. The van der Waals surface area contributed by atoms with Crippen molar-refractivity contribution >= 4 is 40.9 Å². The molecule has 4 nitrogen and oxygen atoms in total. The molecule has 1 aliphatic carbocycles. The number of nitrogens with one attached hydrogen (secondary N) is 1. The second-order valence-corrected chi connectivity index (χ2v) is 10.6. The Balaban J connectivity index is 0.000000305. The summed E-state index contributed by atoms with van der Waals surface area (Å²) in [4.78, 5) is 17.7. The molecule has 172 valence electrons. The van der Waals surface area contributed by atoms with Crippen LogP contribution in [-0.2, 0) is 4.79 Å². The lowest BCUT2D eigenvalue weighted by atomic mass is 9.93. The molecule has 4 rings (SSSR count). The Kier molecular flexibility index (Phi) is 8.95. The largest absolute Gasteiger partial charge is 0.368 e. The Labute approximate surface area is 206 Å². The molecule has 1 amide bonds. The highest BCUT2D eigenvalue weighted by atomic mass is 35.5. The third-order valence-electron chi connectivity index (χ3n) is 5.48. The molecule has 1 N–H and O–H groups in total. The van der Waals surface area contributed by atoms with Gasteiger partial charge in [-0.15, -0.1) is 11.8 Å². The van der Waals surface area contributed by atoms with Crippen LogP contribution in [0.3, 0.4) is 0 Å². The van der Waals surface area contributed by atoms with E-state index in [4.69, 9.17) is 23.2 Å². The fraction of sp³-hybridized carbons (Fsp3) is 0.400. The summed E-state index contributed by atoms with van der Waals surface area (Å²) in [5.74, 6) is 0.997. The van der Waals surface area contributed by atoms with Crippen molar-refractivity contribution in [3.05, 3.63) is 80.9 Å². The highest BCUT2D eigenvalue weighted by Gasteiger charge is 2.22. The van der Waals surface area contributed by atoms with Crippen molar-refractivity contribution in [2.75, 3.05) is 45.5 Å². The number of nitrogens with zero attached hydrogens (tertiary/aromatic N) is 2. The molecule has 3 aliphatic rings. The van der Waals surface area contributed by atoms with Gasteiger partial charge in [-0.1, -0.05) is 67.4 Å². The Hall–Kier alpha value is -1.66. The zero-order valence-electron chi connectivity index (χ0n) is 18.9. The van der Waals surface area contributed by atoms with Crippen LogP contribution in [0.15, 0.2) is 70.8 Å². The van der Waals surface area contributed by atoms with E-state index in [1.54, 1.807) is 23.9 Å². The zero-order chi connectivity index (χ0) is 23.1. The van der Waals surface area contributed by atoms with Crippen molar-refractivity contribution in [3.8, 4) is 0 Å². The number of carbonyl (C=O) groups is 1. The van der Waals surface area contributed by atoms with E-state index < -0.39 is 0 Å². The van der Waals surface area contributed by atoms with Gasteiger partial charge in [0.2, 0.25) is 0 Å². The van der Waals surface area contributed by atoms with Gasteiger partial charge in [0.25, 0.3) is 5.91 Å². The van der Waals surface area contributed by atoms with Crippen LogP contribution in [-0.4, -0.2) is 61.2 Å². The second-order valence-electron chi connectivity index (χ2n) is 8.65. The van der Waals surface area contributed by atoms with Gasteiger partial charge >= 0.3 is 0 Å². The molecule has 1 aromatic carbocycles. The Bertz CT molecular complexity index is 923. The quantitative estimate of drug-likeness (QED) is 0.563. The molecule has 0 unspecified atom stereocenters. The summed E-state index contributed by atoms with van der Waals surface area (Å²) in [7, 11) is 2.17. The summed E-state index contributed by atoms with van der Waals surface area (Å²) in [5.41, 5.74) is 2.40. The van der Waals surface area contributed by atoms with Gasteiger partial charge in [0.1, 0.15) is 0 Å². The van der Waals surface area contributed by atoms with E-state index in [0.29, 0.717) is 10.0 Å². The fourth-order valence-corrected chi connectivity index (χ4v) is 4.57. The molecule has 2 aliphatic heterocycles. The molecule has 32 heavy (non-hydrogen) atoms. The van der Waals surface area contributed by atoms with Gasteiger partial charge in [-0.2, -0.15) is 0 Å². The fourth-order valence-electron chi connectivity index (χ4n) is 3.46. The highest BCUT2D eigenvalue weighted by Crippen LogP contribution is 2.30. The van der Waals surface area contributed by atoms with E-state index >= 15 is 0 Å². The predicted molar refractivity (Wildman–Crippen MR) is 138 cm³/mol. The molecule has 0 bridgehead atoms. The number of amides is 1. The lowest BCUT2D eigenvalue weighted by Crippen LogP contribution is -2.43. The van der Waals surface area contributed by atoms with Crippen LogP contribution >= 0.6 is 35.0 Å². The van der Waals surface area contributed by atoms with Crippen molar-refractivity contribution in [1.82, 2.24) is 15.1 Å². The first-order valence-electron chi connectivity index (χ1n) is 10.8. The predicted octanol–water partition coefficient (Wildman–Crippen LogP) is 5.38. The average molecular weight is 493 g/mol. The van der Waals surface area contributed by atoms with Gasteiger partial charge < -0.3 is 15.1 Å². The van der Waals surface area contributed by atoms with Crippen molar-refractivity contribution in [2.24, 2.45) is 5.41 Å². The first kappa shape index (κ1) is 25.0. The van der Waals surface area contributed by atoms with Crippen molar-refractivity contribution in [3.63, 3.8) is 0 Å². The number of allylic oxidation sites excluding steroid dienone is 6. The highest BCUT2D eigenvalue weighted by molar-refractivity contribution is 8.04. The van der Waals surface area contributed by atoms with E-state index in [2.05, 4.69) is 66.4 Å². The first-order valence-corrected chi connectivity index (χ1v) is 12.6. The van der Waals surface area contributed by atoms with E-state index in [9.17, 15) is 4.79 Å². The smallest absolute Gasteiger partial charge is 0.257 e. The Morgan fingerprint density at radius 1 is 1.03 bits per heavy atom. The number of carbonyl (C=O) groups excluding carboxylic acids is 1. The molecule has 0 aromatic heterocycles. The number of thioether (sulfide) groups is 1. The third-order valence-corrected chi connectivity index (χ3v) is 7.26. The molecule has 0 saturated carbocycles. The minimum absolute atomic E-state index is 0.0278. The van der Waals surface area contributed by atoms with Crippen LogP contribution in [0.5, 0.6) is 0 Å². The van der Waals surface area contributed by atoms with Crippen molar-refractivity contribution in [1.29, 1.82) is 0 Å². The van der Waals surface area contributed by atoms with E-state index in [1.807, 2.05) is 12.1 Å². The number of hydrogen-bond donors (Lipinski definition) is 1. The van der Waals surface area contributed by atoms with Crippen LogP contribution < -0.4 is 5.32 Å². The topological polar surface area (TPSA) is 35.6 Å². The maximum Gasteiger partial charge on any atom is 0.257 e. The molecule has 0 radical (unpaired) electrons. The minimum atomic E-state index is 0.0278. The van der Waals surface area contributed by atoms with Crippen molar-refractivity contribution in [2.45, 2.75) is 13.8 Å². The van der Waals surface area contributed by atoms with Crippen LogP contribution in [0.4, 0.5) is 0 Å². The van der Waals surface area contributed by atoms with Crippen molar-refractivity contribution < 1.29 is 4.79 Å². The van der Waals surface area contributed by atoms with Crippen LogP contribution in [0.1, 0.15) is 13.8 Å². The SMILES string of the molecule is CN1CCN(C2=C(/C=C3\SCCNC3=O)C=CC(C)(C)C=C2)CC1.Clc1ccccc1Cl. The zero-order valence-corrected chi connectivity index (χ0v) is 21.2. The molecule has 2 heterocycles. The van der Waals surface area contributed by atoms with Crippen LogP contribution in [0, 0.1) is 5.41 Å². The molecule has 2 fully saturated rings. The second kappa shape index (κ2) is 11.5. The third kappa shape index (κ3) is 7.17. The lowest BCUT2D eigenvalue weighted by Gasteiger charge is -2.35. The Morgan fingerprint density at radius 2 is 1.66 bits per heavy atom. The van der Waals surface area contributed by atoms with E-state index in [1.165, 1.54) is 5.70 Å².